The summed E-state index contributed by atoms with van der Waals surface area (Å²) in [6.07, 6.45) is 2.29. The maximum atomic E-state index is 12.4. The molecule has 1 aliphatic rings. The van der Waals surface area contributed by atoms with Gasteiger partial charge in [0.15, 0.2) is 6.10 Å². The first kappa shape index (κ1) is 14.1. The van der Waals surface area contributed by atoms with Crippen molar-refractivity contribution in [3.63, 3.8) is 0 Å². The van der Waals surface area contributed by atoms with Gasteiger partial charge in [-0.15, -0.1) is 0 Å². The maximum Gasteiger partial charge on any atom is 0.255 e. The Morgan fingerprint density at radius 1 is 1.23 bits per heavy atom. The fourth-order valence-electron chi connectivity index (χ4n) is 2.31. The molecule has 0 aromatic heterocycles. The Bertz CT molecular complexity index is 687. The van der Waals surface area contributed by atoms with Gasteiger partial charge in [0.05, 0.1) is 7.11 Å². The molecule has 2 aromatic rings. The predicted molar refractivity (Wildman–Crippen MR) is 84.3 cm³/mol. The summed E-state index contributed by atoms with van der Waals surface area (Å²) < 4.78 is 5.09. The third-order valence-corrected chi connectivity index (χ3v) is 3.49. The SMILES string of the molecule is COc1ccc(C(=O)Nc2ccccc2[C@@H]2CC=NO2)cc1. The number of ether oxygens (including phenoxy) is 1. The Labute approximate surface area is 128 Å². The Hall–Kier alpha value is -2.82. The molecule has 1 N–H and O–H groups in total. The molecule has 0 spiro atoms. The van der Waals surface area contributed by atoms with Gasteiger partial charge in [-0.25, -0.2) is 0 Å². The number of hydrogen-bond acceptors (Lipinski definition) is 4. The monoisotopic (exact) mass is 296 g/mol. The van der Waals surface area contributed by atoms with Crippen LogP contribution in [0.5, 0.6) is 5.75 Å². The predicted octanol–water partition coefficient (Wildman–Crippen LogP) is 3.39. The second-order valence-electron chi connectivity index (χ2n) is 4.89. The zero-order valence-electron chi connectivity index (χ0n) is 12.2. The number of carbonyl (C=O) groups is 1. The van der Waals surface area contributed by atoms with Crippen LogP contribution in [0.25, 0.3) is 0 Å². The third-order valence-electron chi connectivity index (χ3n) is 3.49. The van der Waals surface area contributed by atoms with E-state index in [0.717, 1.165) is 11.3 Å². The van der Waals surface area contributed by atoms with Crippen LogP contribution in [-0.4, -0.2) is 19.2 Å². The van der Waals surface area contributed by atoms with Gasteiger partial charge in [-0.05, 0) is 30.3 Å². The highest BCUT2D eigenvalue weighted by molar-refractivity contribution is 6.04. The standard InChI is InChI=1S/C17H16N2O3/c1-21-13-8-6-12(7-9-13)17(20)19-15-5-3-2-4-14(15)16-10-11-18-22-16/h2-9,11,16H,10H2,1H3,(H,19,20)/t16-/m0/s1. The van der Waals surface area contributed by atoms with Gasteiger partial charge < -0.3 is 14.9 Å². The quantitative estimate of drug-likeness (QED) is 0.940. The zero-order valence-corrected chi connectivity index (χ0v) is 12.2. The van der Waals surface area contributed by atoms with E-state index in [9.17, 15) is 4.79 Å². The van der Waals surface area contributed by atoms with Gasteiger partial charge in [0, 0.05) is 29.4 Å². The van der Waals surface area contributed by atoms with Gasteiger partial charge in [0.25, 0.3) is 5.91 Å². The number of carbonyl (C=O) groups excluding carboxylic acids is 1. The van der Waals surface area contributed by atoms with Crippen LogP contribution in [0.3, 0.4) is 0 Å². The van der Waals surface area contributed by atoms with Gasteiger partial charge in [-0.3, -0.25) is 4.79 Å². The summed E-state index contributed by atoms with van der Waals surface area (Å²) in [4.78, 5) is 17.7. The molecule has 112 valence electrons. The minimum Gasteiger partial charge on any atom is -0.497 e. The molecular weight excluding hydrogens is 280 g/mol. The van der Waals surface area contributed by atoms with Gasteiger partial charge in [0.2, 0.25) is 0 Å². The van der Waals surface area contributed by atoms with E-state index in [0.29, 0.717) is 17.7 Å². The van der Waals surface area contributed by atoms with E-state index in [1.165, 1.54) is 0 Å². The molecule has 5 heteroatoms. The molecular formula is C17H16N2O3. The van der Waals surface area contributed by atoms with E-state index in [2.05, 4.69) is 10.5 Å². The molecule has 2 aromatic carbocycles. The van der Waals surface area contributed by atoms with Crippen molar-refractivity contribution in [2.45, 2.75) is 12.5 Å². The van der Waals surface area contributed by atoms with E-state index in [-0.39, 0.29) is 12.0 Å². The molecule has 1 heterocycles. The number of benzene rings is 2. The maximum absolute atomic E-state index is 12.4. The van der Waals surface area contributed by atoms with Crippen LogP contribution in [0.2, 0.25) is 0 Å². The molecule has 5 nitrogen and oxygen atoms in total. The normalized spacial score (nSPS) is 16.1. The van der Waals surface area contributed by atoms with E-state index in [1.54, 1.807) is 37.6 Å². The lowest BCUT2D eigenvalue weighted by atomic mass is 10.0. The summed E-state index contributed by atoms with van der Waals surface area (Å²) in [5.41, 5.74) is 2.22. The van der Waals surface area contributed by atoms with E-state index in [4.69, 9.17) is 9.57 Å². The van der Waals surface area contributed by atoms with Crippen LogP contribution in [0.4, 0.5) is 5.69 Å². The lowest BCUT2D eigenvalue weighted by Gasteiger charge is -2.14. The van der Waals surface area contributed by atoms with E-state index >= 15 is 0 Å². The van der Waals surface area contributed by atoms with E-state index in [1.807, 2.05) is 24.3 Å². The highest BCUT2D eigenvalue weighted by Crippen LogP contribution is 2.30. The summed E-state index contributed by atoms with van der Waals surface area (Å²) in [6, 6.07) is 14.6. The van der Waals surface area contributed by atoms with Crippen molar-refractivity contribution in [2.24, 2.45) is 5.16 Å². The number of rotatable bonds is 4. The van der Waals surface area contributed by atoms with Crippen molar-refractivity contribution in [3.05, 3.63) is 59.7 Å². The minimum atomic E-state index is -0.172. The first-order chi connectivity index (χ1) is 10.8. The average Bonchev–Trinajstić information content (AvgIpc) is 3.10. The molecule has 0 radical (unpaired) electrons. The molecule has 0 unspecified atom stereocenters. The average molecular weight is 296 g/mol. The second-order valence-corrected chi connectivity index (χ2v) is 4.89. The van der Waals surface area contributed by atoms with Crippen LogP contribution in [-0.2, 0) is 4.84 Å². The second kappa shape index (κ2) is 6.30. The molecule has 0 saturated heterocycles. The Morgan fingerprint density at radius 2 is 2.00 bits per heavy atom. The molecule has 1 atom stereocenters. The van der Waals surface area contributed by atoms with Crippen LogP contribution in [0.15, 0.2) is 53.7 Å². The highest BCUT2D eigenvalue weighted by atomic mass is 16.6. The third kappa shape index (κ3) is 2.93. The molecule has 0 saturated carbocycles. The summed E-state index contributed by atoms with van der Waals surface area (Å²) >= 11 is 0. The summed E-state index contributed by atoms with van der Waals surface area (Å²) in [7, 11) is 1.59. The largest absolute Gasteiger partial charge is 0.497 e. The molecule has 1 aliphatic heterocycles. The number of oxime groups is 1. The number of nitrogens with zero attached hydrogens (tertiary/aromatic N) is 1. The topological polar surface area (TPSA) is 59.9 Å². The molecule has 22 heavy (non-hydrogen) atoms. The van der Waals surface area contributed by atoms with Gasteiger partial charge in [-0.1, -0.05) is 23.4 Å². The number of para-hydroxylation sites is 1. The first-order valence-corrected chi connectivity index (χ1v) is 7.00. The molecule has 0 bridgehead atoms. The van der Waals surface area contributed by atoms with Crippen LogP contribution in [0, 0.1) is 0 Å². The summed E-state index contributed by atoms with van der Waals surface area (Å²) in [5.74, 6) is 0.544. The summed E-state index contributed by atoms with van der Waals surface area (Å²) in [6.45, 7) is 0. The minimum absolute atomic E-state index is 0.146. The molecule has 1 amide bonds. The zero-order chi connectivity index (χ0) is 15.4. The van der Waals surface area contributed by atoms with Crippen LogP contribution >= 0.6 is 0 Å². The molecule has 0 aliphatic carbocycles. The number of amides is 1. The van der Waals surface area contributed by atoms with E-state index < -0.39 is 0 Å². The Balaban J connectivity index is 1.78. The summed E-state index contributed by atoms with van der Waals surface area (Å²) in [5, 5.41) is 6.71. The van der Waals surface area contributed by atoms with Crippen LogP contribution in [0.1, 0.15) is 28.4 Å². The molecule has 3 rings (SSSR count). The Morgan fingerprint density at radius 3 is 2.68 bits per heavy atom. The van der Waals surface area contributed by atoms with Crippen molar-refractivity contribution >= 4 is 17.8 Å². The smallest absolute Gasteiger partial charge is 0.255 e. The van der Waals surface area contributed by atoms with Crippen molar-refractivity contribution < 1.29 is 14.4 Å². The highest BCUT2D eigenvalue weighted by Gasteiger charge is 2.20. The fourth-order valence-corrected chi connectivity index (χ4v) is 2.31. The lowest BCUT2D eigenvalue weighted by molar-refractivity contribution is 0.0861. The van der Waals surface area contributed by atoms with Gasteiger partial charge in [-0.2, -0.15) is 0 Å². The van der Waals surface area contributed by atoms with Gasteiger partial charge in [0.1, 0.15) is 5.75 Å². The van der Waals surface area contributed by atoms with Gasteiger partial charge >= 0.3 is 0 Å². The number of methoxy groups -OCH3 is 1. The van der Waals surface area contributed by atoms with Crippen molar-refractivity contribution in [2.75, 3.05) is 12.4 Å². The number of hydrogen-bond donors (Lipinski definition) is 1. The first-order valence-electron chi connectivity index (χ1n) is 7.00. The fraction of sp³-hybridized carbons (Fsp3) is 0.176. The van der Waals surface area contributed by atoms with Crippen molar-refractivity contribution in [3.8, 4) is 5.75 Å². The van der Waals surface area contributed by atoms with Crippen LogP contribution < -0.4 is 10.1 Å². The Kier molecular flexibility index (Phi) is 4.05. The lowest BCUT2D eigenvalue weighted by Crippen LogP contribution is -2.14. The number of anilines is 1. The number of nitrogens with one attached hydrogen (secondary N) is 1. The van der Waals surface area contributed by atoms with Crippen molar-refractivity contribution in [1.82, 2.24) is 0 Å². The van der Waals surface area contributed by atoms with Crippen molar-refractivity contribution in [1.29, 1.82) is 0 Å². The molecule has 0 fully saturated rings.